The fourth-order valence-electron chi connectivity index (χ4n) is 8.75. The van der Waals surface area contributed by atoms with Gasteiger partial charge in [0.05, 0.1) is 0 Å². The summed E-state index contributed by atoms with van der Waals surface area (Å²) in [6, 6.07) is 8.29. The Hall–Kier alpha value is 0.510. The Balaban J connectivity index is 3.64. The number of hydrogen-bond acceptors (Lipinski definition) is 0. The van der Waals surface area contributed by atoms with Crippen LogP contribution >= 0.6 is 21.8 Å². The third-order valence-corrected chi connectivity index (χ3v) is 27.3. The van der Waals surface area contributed by atoms with Crippen molar-refractivity contribution in [1.82, 2.24) is 0 Å². The van der Waals surface area contributed by atoms with E-state index in [4.69, 9.17) is 0 Å². The summed E-state index contributed by atoms with van der Waals surface area (Å²) in [5.74, 6) is 0. The first-order valence-corrected chi connectivity index (χ1v) is 25.9. The second-order valence-electron chi connectivity index (χ2n) is 13.5. The van der Waals surface area contributed by atoms with Crippen LogP contribution in [0.3, 0.4) is 0 Å². The van der Waals surface area contributed by atoms with Crippen molar-refractivity contribution in [2.24, 2.45) is 0 Å². The Morgan fingerprint density at radius 3 is 0.763 bits per heavy atom. The van der Waals surface area contributed by atoms with E-state index < -0.39 is 21.8 Å². The van der Waals surface area contributed by atoms with E-state index in [1.54, 1.807) is 16.7 Å². The average molecular weight is 587 g/mol. The molecule has 0 saturated heterocycles. The van der Waals surface area contributed by atoms with Gasteiger partial charge in [-0.3, -0.25) is 0 Å². The van der Waals surface area contributed by atoms with E-state index in [1.807, 2.05) is 0 Å². The van der Waals surface area contributed by atoms with Crippen molar-refractivity contribution in [3.63, 3.8) is 0 Å². The topological polar surface area (TPSA) is 0 Å². The van der Waals surface area contributed by atoms with Gasteiger partial charge in [0.25, 0.3) is 0 Å². The zero-order valence-corrected chi connectivity index (χ0v) is 30.9. The van der Waals surface area contributed by atoms with Crippen LogP contribution in [0, 0.1) is 0 Å². The van der Waals surface area contributed by atoms with Crippen molar-refractivity contribution in [3.8, 4) is 0 Å². The second-order valence-corrected chi connectivity index (χ2v) is 28.3. The van der Waals surface area contributed by atoms with Crippen LogP contribution in [-0.4, -0.2) is 55.5 Å². The van der Waals surface area contributed by atoms with Crippen molar-refractivity contribution in [2.45, 2.75) is 132 Å². The van der Waals surface area contributed by atoms with Crippen LogP contribution in [0.25, 0.3) is 0 Å². The summed E-state index contributed by atoms with van der Waals surface area (Å²) in [4.78, 5) is 0. The zero-order valence-electron chi connectivity index (χ0n) is 27.9. The van der Waals surface area contributed by atoms with Gasteiger partial charge in [0.2, 0.25) is 0 Å². The van der Waals surface area contributed by atoms with Crippen molar-refractivity contribution in [2.75, 3.05) is 55.5 Å². The van der Waals surface area contributed by atoms with Gasteiger partial charge in [-0.05, 0) is 0 Å². The molecule has 38 heavy (non-hydrogen) atoms. The second kappa shape index (κ2) is 19.6. The third kappa shape index (κ3) is 11.8. The molecular weight excluding hydrogens is 513 g/mol. The molecule has 1 aromatic rings. The predicted octanol–water partition coefficient (Wildman–Crippen LogP) is 11.7. The van der Waals surface area contributed by atoms with E-state index in [2.05, 4.69) is 80.5 Å². The van der Waals surface area contributed by atoms with Crippen LogP contribution in [0.5, 0.6) is 0 Å². The molecule has 1 rings (SSSR count). The van der Waals surface area contributed by atoms with Gasteiger partial charge in [-0.1, -0.05) is 0 Å². The fourth-order valence-corrected chi connectivity index (χ4v) is 24.6. The first-order chi connectivity index (χ1) is 18.3. The number of benzene rings is 1. The molecule has 1 aromatic carbocycles. The molecule has 228 valence electrons. The Bertz CT molecular complexity index is 654. The van der Waals surface area contributed by atoms with E-state index in [1.165, 1.54) is 125 Å². The van der Waals surface area contributed by atoms with Gasteiger partial charge in [0.1, 0.15) is 0 Å². The van der Waals surface area contributed by atoms with Gasteiger partial charge in [-0.2, -0.15) is 0 Å². The molecule has 0 unspecified atom stereocenters. The SMILES string of the molecule is CCC[PH](CC)(CCC)Cc1cc(C[PH](CCC)(CCC)CCC)cc(C[PH](CCC)(CCC)CCC)c1. The van der Waals surface area contributed by atoms with Gasteiger partial charge in [0, 0.05) is 0 Å². The summed E-state index contributed by atoms with van der Waals surface area (Å²) in [5, 5.41) is 0. The van der Waals surface area contributed by atoms with Gasteiger partial charge in [-0.25, -0.2) is 0 Å². The monoisotopic (exact) mass is 586 g/mol. The molecule has 3 heteroatoms. The maximum absolute atomic E-state index is 2.77. The summed E-state index contributed by atoms with van der Waals surface area (Å²) >= 11 is 0. The van der Waals surface area contributed by atoms with Gasteiger partial charge in [0.15, 0.2) is 0 Å². The molecule has 0 radical (unpaired) electrons. The molecule has 0 aliphatic rings. The molecule has 0 saturated carbocycles. The molecule has 0 bridgehead atoms. The van der Waals surface area contributed by atoms with Crippen molar-refractivity contribution in [1.29, 1.82) is 0 Å². The number of hydrogen-bond donors (Lipinski definition) is 0. The molecule has 0 aliphatic heterocycles. The van der Waals surface area contributed by atoms with Crippen LogP contribution in [0.4, 0.5) is 0 Å². The summed E-state index contributed by atoms with van der Waals surface area (Å²) in [7, 11) is -3.76. The van der Waals surface area contributed by atoms with Crippen molar-refractivity contribution in [3.05, 3.63) is 34.9 Å². The van der Waals surface area contributed by atoms with Crippen LogP contribution < -0.4 is 0 Å². The van der Waals surface area contributed by atoms with Gasteiger partial charge >= 0.3 is 244 Å². The summed E-state index contributed by atoms with van der Waals surface area (Å²) in [5.41, 5.74) is 5.28. The van der Waals surface area contributed by atoms with Gasteiger partial charge < -0.3 is 0 Å². The first kappa shape index (κ1) is 36.5. The van der Waals surface area contributed by atoms with Crippen LogP contribution in [-0.2, 0) is 18.5 Å². The Morgan fingerprint density at radius 1 is 0.342 bits per heavy atom. The Kier molecular flexibility index (Phi) is 18.8. The minimum atomic E-state index is -1.26. The van der Waals surface area contributed by atoms with E-state index in [0.717, 1.165) is 0 Å². The van der Waals surface area contributed by atoms with Crippen LogP contribution in [0.2, 0.25) is 0 Å². The van der Waals surface area contributed by atoms with Crippen LogP contribution in [0.15, 0.2) is 18.2 Å². The molecule has 0 fully saturated rings. The summed E-state index contributed by atoms with van der Waals surface area (Å²) in [6.45, 7) is 22.1. The molecule has 0 atom stereocenters. The van der Waals surface area contributed by atoms with E-state index in [0.29, 0.717) is 0 Å². The standard InChI is InChI=1S/C35H73P3/c1-10-19-36(18-9,20-11-2)30-33-27-34(31-37(21-12-3,22-13-4)23-14-5)29-35(28-33)32-38(24-15-6,25-16-7)26-17-8/h27-29,36-38H,10-26,30-32H2,1-9H3. The predicted molar refractivity (Wildman–Crippen MR) is 194 cm³/mol. The Labute approximate surface area is 243 Å². The molecule has 0 N–H and O–H groups in total. The van der Waals surface area contributed by atoms with E-state index >= 15 is 0 Å². The quantitative estimate of drug-likeness (QED) is 0.112. The minimum absolute atomic E-state index is 1.24. The molecule has 0 aromatic heterocycles. The molecule has 0 amide bonds. The van der Waals surface area contributed by atoms with E-state index in [9.17, 15) is 0 Å². The fraction of sp³-hybridized carbons (Fsp3) is 0.829. The molecule has 0 heterocycles. The van der Waals surface area contributed by atoms with Crippen LogP contribution in [0.1, 0.15) is 130 Å². The molecule has 0 aliphatic carbocycles. The van der Waals surface area contributed by atoms with Crippen molar-refractivity contribution < 1.29 is 0 Å². The third-order valence-electron chi connectivity index (χ3n) is 9.84. The molecular formula is C35H73P3. The first-order valence-electron chi connectivity index (χ1n) is 17.4. The maximum atomic E-state index is 2.77. The molecule has 0 nitrogen and oxygen atoms in total. The average Bonchev–Trinajstić information content (AvgIpc) is 2.85. The normalized spacial score (nSPS) is 14.1. The number of rotatable bonds is 23. The van der Waals surface area contributed by atoms with Crippen molar-refractivity contribution >= 4 is 21.8 Å². The van der Waals surface area contributed by atoms with Gasteiger partial charge in [-0.15, -0.1) is 0 Å². The van der Waals surface area contributed by atoms with E-state index in [-0.39, 0.29) is 0 Å². The summed E-state index contributed by atoms with van der Waals surface area (Å²) in [6.07, 6.45) is 29.2. The summed E-state index contributed by atoms with van der Waals surface area (Å²) < 4.78 is 0. The Morgan fingerprint density at radius 2 is 0.553 bits per heavy atom. The molecule has 0 spiro atoms. The zero-order chi connectivity index (χ0) is 28.5.